The fraction of sp³-hybridized carbons (Fsp3) is 0.750. The number of amides is 6. The summed E-state index contributed by atoms with van der Waals surface area (Å²) in [6.45, 7) is 10.8. The first kappa shape index (κ1) is 42.5. The molecule has 0 heterocycles. The van der Waals surface area contributed by atoms with Gasteiger partial charge in [0.1, 0.15) is 24.2 Å². The molecule has 0 aliphatic carbocycles. The molecule has 0 saturated heterocycles. The average molecular weight is 654 g/mol. The van der Waals surface area contributed by atoms with Gasteiger partial charge in [0, 0.05) is 41.7 Å². The Kier molecular flexibility index (Phi) is 19.0. The van der Waals surface area contributed by atoms with E-state index in [2.05, 4.69) is 10.6 Å². The monoisotopic (exact) mass is 653 g/mol. The number of hydrazine groups is 1. The lowest BCUT2D eigenvalue weighted by atomic mass is 9.91. The summed E-state index contributed by atoms with van der Waals surface area (Å²) in [5, 5.41) is 17.6. The van der Waals surface area contributed by atoms with Crippen molar-refractivity contribution in [2.75, 3.05) is 35.2 Å². The Morgan fingerprint density at radius 2 is 1.43 bits per heavy atom. The van der Waals surface area contributed by atoms with Gasteiger partial charge in [-0.1, -0.05) is 53.7 Å². The van der Waals surface area contributed by atoms with E-state index in [1.165, 1.54) is 38.0 Å². The SMILES string of the molecule is CCC(NC(=O)C(C(O)C(C)C/C=C/CCC(=O)NC)N(C)C(=O)C(C(C)C)N(C)C(=O)C(CC(C)C)N(C)C=O)C(=O)N(C)N. The van der Waals surface area contributed by atoms with E-state index in [0.717, 1.165) is 9.91 Å². The molecule has 46 heavy (non-hydrogen) atoms. The maximum atomic E-state index is 14.2. The second kappa shape index (κ2) is 20.6. The molecule has 0 aliphatic heterocycles. The molecule has 0 radical (unpaired) electrons. The fourth-order valence-electron chi connectivity index (χ4n) is 5.20. The molecule has 6 unspecified atom stereocenters. The minimum Gasteiger partial charge on any atom is -0.390 e. The van der Waals surface area contributed by atoms with Crippen LogP contribution in [0.4, 0.5) is 0 Å². The van der Waals surface area contributed by atoms with E-state index >= 15 is 0 Å². The summed E-state index contributed by atoms with van der Waals surface area (Å²) in [6, 6.07) is -4.26. The maximum Gasteiger partial charge on any atom is 0.258 e. The van der Waals surface area contributed by atoms with Crippen LogP contribution in [0.1, 0.15) is 73.6 Å². The van der Waals surface area contributed by atoms with Crippen molar-refractivity contribution < 1.29 is 33.9 Å². The van der Waals surface area contributed by atoms with Gasteiger partial charge < -0.3 is 30.4 Å². The zero-order valence-electron chi connectivity index (χ0n) is 29.6. The van der Waals surface area contributed by atoms with Gasteiger partial charge in [-0.3, -0.25) is 33.8 Å². The first-order valence-corrected chi connectivity index (χ1v) is 15.9. The summed E-state index contributed by atoms with van der Waals surface area (Å²) < 4.78 is 0. The minimum atomic E-state index is -1.43. The van der Waals surface area contributed by atoms with Crippen LogP contribution >= 0.6 is 0 Å². The van der Waals surface area contributed by atoms with Crippen molar-refractivity contribution in [2.45, 2.75) is 104 Å². The number of carbonyl (C=O) groups is 6. The summed E-state index contributed by atoms with van der Waals surface area (Å²) in [6.07, 6.45) is 4.54. The van der Waals surface area contributed by atoms with E-state index in [-0.39, 0.29) is 18.2 Å². The van der Waals surface area contributed by atoms with Crippen LogP contribution in [0, 0.1) is 17.8 Å². The van der Waals surface area contributed by atoms with Crippen molar-refractivity contribution in [1.82, 2.24) is 30.3 Å². The third-order valence-electron chi connectivity index (χ3n) is 8.09. The topological polar surface area (TPSA) is 186 Å². The smallest absolute Gasteiger partial charge is 0.258 e. The number of allylic oxidation sites excluding steroid dienone is 2. The number of rotatable bonds is 20. The molecule has 0 rings (SSSR count). The molecule has 14 heteroatoms. The number of hydrogen-bond donors (Lipinski definition) is 4. The highest BCUT2D eigenvalue weighted by molar-refractivity contribution is 5.95. The second-order valence-corrected chi connectivity index (χ2v) is 12.8. The molecule has 6 amide bonds. The molecule has 0 bridgehead atoms. The van der Waals surface area contributed by atoms with Gasteiger partial charge >= 0.3 is 0 Å². The van der Waals surface area contributed by atoms with Crippen molar-refractivity contribution in [3.8, 4) is 0 Å². The Labute approximate surface area is 275 Å². The summed E-state index contributed by atoms with van der Waals surface area (Å²) in [4.78, 5) is 81.1. The highest BCUT2D eigenvalue weighted by atomic mass is 16.3. The van der Waals surface area contributed by atoms with Crippen LogP contribution in [-0.2, 0) is 28.8 Å². The molecule has 5 N–H and O–H groups in total. The van der Waals surface area contributed by atoms with E-state index in [1.807, 2.05) is 19.9 Å². The van der Waals surface area contributed by atoms with E-state index in [0.29, 0.717) is 32.1 Å². The van der Waals surface area contributed by atoms with E-state index in [1.54, 1.807) is 40.8 Å². The minimum absolute atomic E-state index is 0.0879. The normalized spacial score (nSPS) is 15.4. The number of nitrogens with one attached hydrogen (secondary N) is 2. The highest BCUT2D eigenvalue weighted by Crippen LogP contribution is 2.22. The molecule has 6 atom stereocenters. The first-order valence-electron chi connectivity index (χ1n) is 15.9. The Hall–Kier alpha value is -3.52. The lowest BCUT2D eigenvalue weighted by molar-refractivity contribution is -0.155. The maximum absolute atomic E-state index is 14.2. The number of aliphatic hydroxyl groups is 1. The number of carbonyl (C=O) groups excluding carboxylic acids is 6. The molecule has 0 aliphatic rings. The lowest BCUT2D eigenvalue weighted by Gasteiger charge is -2.40. The van der Waals surface area contributed by atoms with Crippen LogP contribution in [0.15, 0.2) is 12.2 Å². The van der Waals surface area contributed by atoms with Crippen molar-refractivity contribution in [3.05, 3.63) is 12.2 Å². The molecule has 0 aromatic heterocycles. The first-order chi connectivity index (χ1) is 21.4. The number of aliphatic hydroxyl groups excluding tert-OH is 1. The van der Waals surface area contributed by atoms with Crippen LogP contribution in [0.5, 0.6) is 0 Å². The van der Waals surface area contributed by atoms with Gasteiger partial charge in [0.05, 0.1) is 6.10 Å². The highest BCUT2D eigenvalue weighted by Gasteiger charge is 2.43. The van der Waals surface area contributed by atoms with Crippen LogP contribution < -0.4 is 16.5 Å². The van der Waals surface area contributed by atoms with Gasteiger partial charge in [-0.05, 0) is 43.4 Å². The van der Waals surface area contributed by atoms with Crippen molar-refractivity contribution in [1.29, 1.82) is 0 Å². The van der Waals surface area contributed by atoms with Gasteiger partial charge in [0.25, 0.3) is 5.91 Å². The van der Waals surface area contributed by atoms with Crippen LogP contribution in [0.25, 0.3) is 0 Å². The van der Waals surface area contributed by atoms with Gasteiger partial charge in [-0.2, -0.15) is 0 Å². The summed E-state index contributed by atoms with van der Waals surface area (Å²) >= 11 is 0. The molecule has 0 aromatic carbocycles. The van der Waals surface area contributed by atoms with Gasteiger partial charge in [-0.15, -0.1) is 0 Å². The van der Waals surface area contributed by atoms with Crippen molar-refractivity contribution in [2.24, 2.45) is 23.6 Å². The predicted molar refractivity (Wildman–Crippen MR) is 176 cm³/mol. The summed E-state index contributed by atoms with van der Waals surface area (Å²) in [7, 11) is 7.30. The van der Waals surface area contributed by atoms with Crippen molar-refractivity contribution in [3.63, 3.8) is 0 Å². The van der Waals surface area contributed by atoms with E-state index in [4.69, 9.17) is 5.84 Å². The molecule has 0 spiro atoms. The predicted octanol–water partition coefficient (Wildman–Crippen LogP) is 0.496. The molecular weight excluding hydrogens is 594 g/mol. The molecule has 14 nitrogen and oxygen atoms in total. The Morgan fingerprint density at radius 1 is 0.870 bits per heavy atom. The largest absolute Gasteiger partial charge is 0.390 e. The lowest BCUT2D eigenvalue weighted by Crippen LogP contribution is -2.63. The van der Waals surface area contributed by atoms with Crippen LogP contribution in [0.3, 0.4) is 0 Å². The zero-order chi connectivity index (χ0) is 35.9. The Bertz CT molecular complexity index is 1050. The molecule has 0 fully saturated rings. The summed E-state index contributed by atoms with van der Waals surface area (Å²) in [5.74, 6) is 2.37. The number of hydrogen-bond acceptors (Lipinski definition) is 8. The molecular formula is C32H59N7O7. The van der Waals surface area contributed by atoms with Gasteiger partial charge in [0.2, 0.25) is 30.0 Å². The van der Waals surface area contributed by atoms with Crippen molar-refractivity contribution >= 4 is 35.9 Å². The second-order valence-electron chi connectivity index (χ2n) is 12.8. The zero-order valence-corrected chi connectivity index (χ0v) is 29.6. The van der Waals surface area contributed by atoms with Crippen LogP contribution in [0.2, 0.25) is 0 Å². The van der Waals surface area contributed by atoms with E-state index in [9.17, 15) is 33.9 Å². The molecule has 0 saturated carbocycles. The van der Waals surface area contributed by atoms with Gasteiger partial charge in [-0.25, -0.2) is 5.84 Å². The van der Waals surface area contributed by atoms with Gasteiger partial charge in [0.15, 0.2) is 0 Å². The number of likely N-dealkylation sites (N-methyl/N-ethyl adjacent to an activating group) is 4. The average Bonchev–Trinajstić information content (AvgIpc) is 3.00. The fourth-order valence-corrected chi connectivity index (χ4v) is 5.20. The number of nitrogens with two attached hydrogens (primary N) is 1. The Balaban J connectivity index is 6.51. The quantitative estimate of drug-likeness (QED) is 0.0481. The number of nitrogens with zero attached hydrogens (tertiary/aromatic N) is 4. The third kappa shape index (κ3) is 12.7. The summed E-state index contributed by atoms with van der Waals surface area (Å²) in [5.41, 5.74) is 0. The third-order valence-corrected chi connectivity index (χ3v) is 8.09. The molecule has 0 aromatic rings. The molecule has 264 valence electrons. The standard InChI is InChI=1S/C32H59N7O7/c1-12-23(30(44)39(11)33)35-29(43)27(28(42)22(6)16-14-13-15-17-25(41)34-7)38(10)32(46)26(21(4)5)37(9)31(45)24(18-20(2)3)36(8)19-40/h13-14,19-24,26-28,42H,12,15-18,33H2,1-11H3,(H,34,41)(H,35,43)/b14-13+. The van der Waals surface area contributed by atoms with E-state index < -0.39 is 65.7 Å². The van der Waals surface area contributed by atoms with Crippen LogP contribution in [-0.4, -0.2) is 126 Å². The Morgan fingerprint density at radius 3 is 1.89 bits per heavy atom.